The molecule has 6 heteroatoms. The van der Waals surface area contributed by atoms with Gasteiger partial charge in [0.25, 0.3) is 0 Å². The standard InChI is InChI=1S/C32H38O.C2HF3O2/c1-32(2)22-20-27(21-23-32)15-14-26-16-18-28(19-17-26)29-11-7-12-30(24-29)31(33)13-6-10-25-8-4-3-5-9-25;3-2(4,5)1(6)7/h3-5,7-9,11-12,16-19,24,27H,6,10,13-15,20-23H2,1-2H3;(H,6,7). The Bertz CT molecular complexity index is 1220. The highest BCUT2D eigenvalue weighted by Crippen LogP contribution is 2.39. The van der Waals surface area contributed by atoms with Crippen LogP contribution in [0.1, 0.15) is 80.3 Å². The van der Waals surface area contributed by atoms with E-state index in [1.54, 1.807) is 0 Å². The summed E-state index contributed by atoms with van der Waals surface area (Å²) >= 11 is 0. The van der Waals surface area contributed by atoms with Crippen LogP contribution in [-0.2, 0) is 17.6 Å². The highest BCUT2D eigenvalue weighted by Gasteiger charge is 2.38. The van der Waals surface area contributed by atoms with E-state index in [2.05, 4.69) is 74.5 Å². The number of benzene rings is 3. The fourth-order valence-corrected chi connectivity index (χ4v) is 5.10. The third-order valence-corrected chi connectivity index (χ3v) is 7.73. The van der Waals surface area contributed by atoms with E-state index in [0.717, 1.165) is 29.9 Å². The summed E-state index contributed by atoms with van der Waals surface area (Å²) in [5, 5.41) is 7.12. The summed E-state index contributed by atoms with van der Waals surface area (Å²) in [4.78, 5) is 21.6. The zero-order valence-electron chi connectivity index (χ0n) is 23.3. The number of carbonyl (C=O) groups excluding carboxylic acids is 1. The van der Waals surface area contributed by atoms with Crippen LogP contribution in [0.25, 0.3) is 11.1 Å². The molecule has 4 rings (SSSR count). The van der Waals surface area contributed by atoms with Crippen LogP contribution < -0.4 is 0 Å². The summed E-state index contributed by atoms with van der Waals surface area (Å²) < 4.78 is 31.7. The van der Waals surface area contributed by atoms with Gasteiger partial charge >= 0.3 is 12.1 Å². The number of hydrogen-bond acceptors (Lipinski definition) is 2. The minimum Gasteiger partial charge on any atom is -0.475 e. The zero-order valence-corrected chi connectivity index (χ0v) is 23.3. The molecule has 1 fully saturated rings. The minimum absolute atomic E-state index is 0.236. The van der Waals surface area contributed by atoms with Gasteiger partial charge in [0.15, 0.2) is 5.78 Å². The van der Waals surface area contributed by atoms with Crippen LogP contribution in [0.15, 0.2) is 78.9 Å². The van der Waals surface area contributed by atoms with Gasteiger partial charge in [-0.25, -0.2) is 4.79 Å². The van der Waals surface area contributed by atoms with E-state index >= 15 is 0 Å². The Morgan fingerprint density at radius 2 is 1.43 bits per heavy atom. The molecule has 1 aliphatic carbocycles. The van der Waals surface area contributed by atoms with E-state index in [-0.39, 0.29) is 5.78 Å². The molecule has 3 aromatic carbocycles. The van der Waals surface area contributed by atoms with Gasteiger partial charge in [0.05, 0.1) is 0 Å². The van der Waals surface area contributed by atoms with Crippen LogP contribution in [0.4, 0.5) is 13.2 Å². The van der Waals surface area contributed by atoms with E-state index in [0.29, 0.717) is 11.8 Å². The lowest BCUT2D eigenvalue weighted by molar-refractivity contribution is -0.192. The molecule has 1 N–H and O–H groups in total. The van der Waals surface area contributed by atoms with E-state index in [1.165, 1.54) is 55.2 Å². The van der Waals surface area contributed by atoms with Crippen molar-refractivity contribution in [2.45, 2.75) is 77.8 Å². The first-order valence-electron chi connectivity index (χ1n) is 14.0. The van der Waals surface area contributed by atoms with Gasteiger partial charge in [0.2, 0.25) is 0 Å². The molecule has 0 aliphatic heterocycles. The summed E-state index contributed by atoms with van der Waals surface area (Å²) in [6.45, 7) is 4.82. The lowest BCUT2D eigenvalue weighted by Crippen LogP contribution is -2.21. The zero-order chi connectivity index (χ0) is 29.2. The summed E-state index contributed by atoms with van der Waals surface area (Å²) in [6.07, 6.45) is 5.35. The summed E-state index contributed by atoms with van der Waals surface area (Å²) in [6, 6.07) is 27.5. The number of alkyl halides is 3. The average Bonchev–Trinajstić information content (AvgIpc) is 2.93. The van der Waals surface area contributed by atoms with Crippen LogP contribution in [0.3, 0.4) is 0 Å². The van der Waals surface area contributed by atoms with Crippen molar-refractivity contribution in [1.29, 1.82) is 0 Å². The molecule has 0 unspecified atom stereocenters. The topological polar surface area (TPSA) is 54.4 Å². The molecule has 0 radical (unpaired) electrons. The second kappa shape index (κ2) is 14.3. The first-order valence-corrected chi connectivity index (χ1v) is 14.0. The van der Waals surface area contributed by atoms with Gasteiger partial charge in [-0.1, -0.05) is 86.6 Å². The quantitative estimate of drug-likeness (QED) is 0.269. The van der Waals surface area contributed by atoms with Crippen LogP contribution in [0.2, 0.25) is 0 Å². The molecule has 40 heavy (non-hydrogen) atoms. The second-order valence-corrected chi connectivity index (χ2v) is 11.5. The van der Waals surface area contributed by atoms with Gasteiger partial charge in [0, 0.05) is 12.0 Å². The smallest absolute Gasteiger partial charge is 0.475 e. The first-order chi connectivity index (χ1) is 18.9. The molecule has 0 aromatic heterocycles. The number of rotatable bonds is 9. The SMILES string of the molecule is CC1(C)CCC(CCc2ccc(-c3cccc(C(=O)CCCc4ccccc4)c3)cc2)CC1.O=C(O)C(F)(F)F. The lowest BCUT2D eigenvalue weighted by Gasteiger charge is -2.34. The number of carbonyl (C=O) groups is 2. The van der Waals surface area contributed by atoms with Crippen LogP contribution in [-0.4, -0.2) is 23.0 Å². The predicted molar refractivity (Wildman–Crippen MR) is 153 cm³/mol. The minimum atomic E-state index is -5.08. The fourth-order valence-electron chi connectivity index (χ4n) is 5.10. The Hall–Kier alpha value is -3.41. The predicted octanol–water partition coefficient (Wildman–Crippen LogP) is 9.34. The Balaban J connectivity index is 0.000000559. The number of ketones is 1. The molecule has 0 saturated heterocycles. The van der Waals surface area contributed by atoms with E-state index in [1.807, 2.05) is 18.2 Å². The Kier molecular flexibility index (Phi) is 11.1. The van der Waals surface area contributed by atoms with Gasteiger partial charge in [-0.2, -0.15) is 13.2 Å². The van der Waals surface area contributed by atoms with Crippen molar-refractivity contribution < 1.29 is 27.9 Å². The van der Waals surface area contributed by atoms with Gasteiger partial charge in [-0.05, 0) is 91.0 Å². The molecule has 1 saturated carbocycles. The van der Waals surface area contributed by atoms with Gasteiger partial charge in [0.1, 0.15) is 0 Å². The number of halogens is 3. The number of aryl methyl sites for hydroxylation is 2. The molecule has 0 heterocycles. The maximum absolute atomic E-state index is 12.7. The third-order valence-electron chi connectivity index (χ3n) is 7.73. The molecular weight excluding hydrogens is 513 g/mol. The van der Waals surface area contributed by atoms with Gasteiger partial charge < -0.3 is 5.11 Å². The van der Waals surface area contributed by atoms with Gasteiger partial charge in [-0.15, -0.1) is 0 Å². The van der Waals surface area contributed by atoms with Crippen molar-refractivity contribution in [3.05, 3.63) is 95.6 Å². The van der Waals surface area contributed by atoms with Crippen molar-refractivity contribution in [1.82, 2.24) is 0 Å². The highest BCUT2D eigenvalue weighted by atomic mass is 19.4. The molecule has 3 aromatic rings. The number of carboxylic acid groups (broad SMARTS) is 1. The second-order valence-electron chi connectivity index (χ2n) is 11.5. The molecule has 0 bridgehead atoms. The largest absolute Gasteiger partial charge is 0.490 e. The van der Waals surface area contributed by atoms with E-state index in [9.17, 15) is 18.0 Å². The Morgan fingerprint density at radius 3 is 2.02 bits per heavy atom. The number of aliphatic carboxylic acids is 1. The highest BCUT2D eigenvalue weighted by molar-refractivity contribution is 5.97. The maximum atomic E-state index is 12.7. The van der Waals surface area contributed by atoms with Crippen molar-refractivity contribution in [3.8, 4) is 11.1 Å². The summed E-state index contributed by atoms with van der Waals surface area (Å²) in [7, 11) is 0. The molecule has 1 aliphatic rings. The summed E-state index contributed by atoms with van der Waals surface area (Å²) in [5.41, 5.74) is 6.42. The van der Waals surface area contributed by atoms with Crippen molar-refractivity contribution in [2.24, 2.45) is 11.3 Å². The van der Waals surface area contributed by atoms with Crippen LogP contribution in [0, 0.1) is 11.3 Å². The molecule has 0 amide bonds. The molecular formula is C34H39F3O3. The number of Topliss-reactive ketones (excluding diaryl/α,β-unsaturated/α-hetero) is 1. The summed E-state index contributed by atoms with van der Waals surface area (Å²) in [5.74, 6) is -1.63. The monoisotopic (exact) mass is 552 g/mol. The van der Waals surface area contributed by atoms with Gasteiger partial charge in [-0.3, -0.25) is 4.79 Å². The van der Waals surface area contributed by atoms with E-state index in [4.69, 9.17) is 9.90 Å². The molecule has 214 valence electrons. The average molecular weight is 553 g/mol. The molecule has 0 spiro atoms. The van der Waals surface area contributed by atoms with Crippen molar-refractivity contribution >= 4 is 11.8 Å². The lowest BCUT2D eigenvalue weighted by atomic mass is 9.72. The van der Waals surface area contributed by atoms with Crippen molar-refractivity contribution in [3.63, 3.8) is 0 Å². The van der Waals surface area contributed by atoms with Crippen molar-refractivity contribution in [2.75, 3.05) is 0 Å². The maximum Gasteiger partial charge on any atom is 0.490 e. The van der Waals surface area contributed by atoms with Crippen LogP contribution >= 0.6 is 0 Å². The molecule has 0 atom stereocenters. The fraction of sp³-hybridized carbons (Fsp3) is 0.412. The third kappa shape index (κ3) is 10.3. The first kappa shape index (κ1) is 31.1. The normalized spacial score (nSPS) is 15.1. The molecule has 3 nitrogen and oxygen atoms in total. The number of hydrogen-bond donors (Lipinski definition) is 1. The Morgan fingerprint density at radius 1 is 0.825 bits per heavy atom. The number of carboxylic acids is 1. The van der Waals surface area contributed by atoms with E-state index < -0.39 is 12.1 Å². The van der Waals surface area contributed by atoms with Crippen LogP contribution in [0.5, 0.6) is 0 Å². The Labute approximate surface area is 235 Å².